The minimum absolute atomic E-state index is 0.0215. The summed E-state index contributed by atoms with van der Waals surface area (Å²) in [5.41, 5.74) is 3.41. The van der Waals surface area contributed by atoms with Gasteiger partial charge in [0.1, 0.15) is 17.4 Å². The van der Waals surface area contributed by atoms with Gasteiger partial charge in [0.05, 0.1) is 18.7 Å². The maximum Gasteiger partial charge on any atom is 0.415 e. The van der Waals surface area contributed by atoms with Crippen molar-refractivity contribution >= 4 is 12.0 Å². The summed E-state index contributed by atoms with van der Waals surface area (Å²) in [6, 6.07) is 17.6. The number of aliphatic hydroxyl groups excluding tert-OH is 1. The van der Waals surface area contributed by atoms with E-state index >= 15 is 0 Å². The van der Waals surface area contributed by atoms with Crippen molar-refractivity contribution in [3.63, 3.8) is 0 Å². The maximum atomic E-state index is 13.8. The number of rotatable bonds is 12. The van der Waals surface area contributed by atoms with Crippen molar-refractivity contribution < 1.29 is 28.2 Å². The zero-order valence-electron chi connectivity index (χ0n) is 21.8. The Balaban J connectivity index is 1.37. The number of halogens is 2. The predicted octanol–water partition coefficient (Wildman–Crippen LogP) is 4.11. The molecule has 1 heterocycles. The molecule has 9 heteroatoms. The van der Waals surface area contributed by atoms with Gasteiger partial charge in [-0.3, -0.25) is 4.79 Å². The lowest BCUT2D eigenvalue weighted by Gasteiger charge is -2.28. The van der Waals surface area contributed by atoms with Crippen molar-refractivity contribution in [3.05, 3.63) is 101 Å². The van der Waals surface area contributed by atoms with Crippen LogP contribution < -0.4 is 15.4 Å². The summed E-state index contributed by atoms with van der Waals surface area (Å²) in [7, 11) is 0. The van der Waals surface area contributed by atoms with Gasteiger partial charge in [-0.15, -0.1) is 0 Å². The number of fused-ring (bicyclic) bond motifs is 1. The summed E-state index contributed by atoms with van der Waals surface area (Å²) >= 11 is 0. The number of para-hydroxylation sites is 1. The zero-order chi connectivity index (χ0) is 27.8. The average molecular weight is 538 g/mol. The van der Waals surface area contributed by atoms with E-state index in [4.69, 9.17) is 4.74 Å². The van der Waals surface area contributed by atoms with Gasteiger partial charge in [-0.2, -0.15) is 0 Å². The van der Waals surface area contributed by atoms with Crippen molar-refractivity contribution in [3.8, 4) is 5.75 Å². The number of amides is 2. The van der Waals surface area contributed by atoms with E-state index in [1.165, 1.54) is 22.6 Å². The first-order valence-electron chi connectivity index (χ1n) is 13.1. The van der Waals surface area contributed by atoms with E-state index in [-0.39, 0.29) is 25.9 Å². The Kier molecular flexibility index (Phi) is 9.62. The van der Waals surface area contributed by atoms with E-state index in [1.807, 2.05) is 30.3 Å². The lowest BCUT2D eigenvalue weighted by atomic mass is 10.00. The van der Waals surface area contributed by atoms with Gasteiger partial charge >= 0.3 is 6.09 Å². The Labute approximate surface area is 226 Å². The topological polar surface area (TPSA) is 90.9 Å². The third-order valence-corrected chi connectivity index (χ3v) is 6.67. The van der Waals surface area contributed by atoms with Gasteiger partial charge in [0.25, 0.3) is 0 Å². The molecular weight excluding hydrogens is 504 g/mol. The highest BCUT2D eigenvalue weighted by atomic mass is 19.1. The molecule has 3 aromatic carbocycles. The molecule has 0 fully saturated rings. The van der Waals surface area contributed by atoms with E-state index in [9.17, 15) is 23.5 Å². The normalized spacial score (nSPS) is 14.4. The summed E-state index contributed by atoms with van der Waals surface area (Å²) in [6.07, 6.45) is -0.675. The number of nitrogens with zero attached hydrogens (tertiary/aromatic N) is 1. The molecular formula is C30H33F2N3O4. The van der Waals surface area contributed by atoms with Crippen LogP contribution in [-0.4, -0.2) is 47.2 Å². The predicted molar refractivity (Wildman–Crippen MR) is 143 cm³/mol. The second kappa shape index (κ2) is 13.3. The summed E-state index contributed by atoms with van der Waals surface area (Å²) in [4.78, 5) is 26.6. The van der Waals surface area contributed by atoms with Crippen LogP contribution in [0.2, 0.25) is 0 Å². The highest BCUT2D eigenvalue weighted by Gasteiger charge is 2.26. The van der Waals surface area contributed by atoms with Crippen LogP contribution in [-0.2, 0) is 30.7 Å². The number of ether oxygens (including phenoxy) is 1. The first kappa shape index (κ1) is 28.2. The number of benzene rings is 3. The van der Waals surface area contributed by atoms with Crippen molar-refractivity contribution in [1.29, 1.82) is 0 Å². The second-order valence-corrected chi connectivity index (χ2v) is 9.67. The lowest BCUT2D eigenvalue weighted by Crippen LogP contribution is -2.49. The Hall–Kier alpha value is -3.82. The molecule has 0 aliphatic carbocycles. The highest BCUT2D eigenvalue weighted by Crippen LogP contribution is 2.25. The fraction of sp³-hybridized carbons (Fsp3) is 0.333. The number of nitrogens with one attached hydrogen (secondary N) is 2. The smallest absolute Gasteiger partial charge is 0.410 e. The van der Waals surface area contributed by atoms with Gasteiger partial charge in [-0.1, -0.05) is 49.4 Å². The number of hydrogen-bond donors (Lipinski definition) is 3. The van der Waals surface area contributed by atoms with Gasteiger partial charge < -0.3 is 25.4 Å². The molecule has 0 spiro atoms. The lowest BCUT2D eigenvalue weighted by molar-refractivity contribution is -0.122. The molecule has 0 aromatic heterocycles. The first-order chi connectivity index (χ1) is 18.8. The van der Waals surface area contributed by atoms with E-state index in [0.29, 0.717) is 24.4 Å². The summed E-state index contributed by atoms with van der Waals surface area (Å²) in [6.45, 7) is 3.17. The molecule has 3 N–H and O–H groups in total. The minimum Gasteiger partial charge on any atom is -0.410 e. The van der Waals surface area contributed by atoms with Crippen molar-refractivity contribution in [2.24, 2.45) is 0 Å². The molecule has 2 amide bonds. The van der Waals surface area contributed by atoms with Crippen LogP contribution in [0, 0.1) is 11.6 Å². The van der Waals surface area contributed by atoms with Gasteiger partial charge in [0.2, 0.25) is 5.91 Å². The number of hydrogen-bond acceptors (Lipinski definition) is 5. The van der Waals surface area contributed by atoms with Gasteiger partial charge in [0.15, 0.2) is 0 Å². The third-order valence-electron chi connectivity index (χ3n) is 6.67. The molecule has 0 bridgehead atoms. The van der Waals surface area contributed by atoms with Crippen LogP contribution in [0.3, 0.4) is 0 Å². The van der Waals surface area contributed by atoms with E-state index in [1.54, 1.807) is 12.1 Å². The molecule has 0 saturated carbocycles. The summed E-state index contributed by atoms with van der Waals surface area (Å²) < 4.78 is 33.0. The highest BCUT2D eigenvalue weighted by molar-refractivity contribution is 5.78. The van der Waals surface area contributed by atoms with Crippen LogP contribution in [0.25, 0.3) is 0 Å². The van der Waals surface area contributed by atoms with E-state index < -0.39 is 35.8 Å². The van der Waals surface area contributed by atoms with Crippen LogP contribution >= 0.6 is 0 Å². The van der Waals surface area contributed by atoms with Gasteiger partial charge in [-0.05, 0) is 47.7 Å². The van der Waals surface area contributed by atoms with Gasteiger partial charge in [-0.25, -0.2) is 13.6 Å². The molecule has 39 heavy (non-hydrogen) atoms. The minimum atomic E-state index is -1.04. The Morgan fingerprint density at radius 2 is 1.77 bits per heavy atom. The van der Waals surface area contributed by atoms with Gasteiger partial charge in [0, 0.05) is 37.7 Å². The monoisotopic (exact) mass is 537 g/mol. The molecule has 4 rings (SSSR count). The quantitative estimate of drug-likeness (QED) is 0.324. The standard InChI is InChI=1S/C30H33F2N3O4/c1-2-20-6-5-7-21(12-20)17-33-18-27(36)26(15-22-13-24(31)16-25(32)14-22)34-29(37)10-11-35-19-23-8-3-4-9-28(23)39-30(35)38/h3-9,12-14,16,26-27,33,36H,2,10-11,15,17-19H2,1H3,(H,34,37)/t26-,27+/m0/s1. The zero-order valence-corrected chi connectivity index (χ0v) is 21.8. The first-order valence-corrected chi connectivity index (χ1v) is 13.1. The molecule has 2 atom stereocenters. The SMILES string of the molecule is CCc1cccc(CNC[C@@H](O)[C@H](Cc2cc(F)cc(F)c2)NC(=O)CCN2Cc3ccccc3OC2=O)c1. The third kappa shape index (κ3) is 8.08. The van der Waals surface area contributed by atoms with Crippen molar-refractivity contribution in [2.45, 2.75) is 51.4 Å². The summed E-state index contributed by atoms with van der Waals surface area (Å²) in [5.74, 6) is -1.37. The second-order valence-electron chi connectivity index (χ2n) is 9.67. The number of carbonyl (C=O) groups excluding carboxylic acids is 2. The van der Waals surface area contributed by atoms with Crippen molar-refractivity contribution in [2.75, 3.05) is 13.1 Å². The van der Waals surface area contributed by atoms with Crippen LogP contribution in [0.15, 0.2) is 66.7 Å². The Morgan fingerprint density at radius 3 is 2.54 bits per heavy atom. The molecule has 0 saturated heterocycles. The van der Waals surface area contributed by atoms with Crippen LogP contribution in [0.5, 0.6) is 5.75 Å². The molecule has 7 nitrogen and oxygen atoms in total. The Morgan fingerprint density at radius 1 is 1.03 bits per heavy atom. The Bertz CT molecular complexity index is 1280. The molecule has 0 unspecified atom stereocenters. The number of aliphatic hydroxyl groups is 1. The summed E-state index contributed by atoms with van der Waals surface area (Å²) in [5, 5.41) is 16.9. The molecule has 1 aliphatic rings. The molecule has 3 aromatic rings. The van der Waals surface area contributed by atoms with E-state index in [0.717, 1.165) is 23.6 Å². The number of aryl methyl sites for hydroxylation is 1. The largest absolute Gasteiger partial charge is 0.415 e. The average Bonchev–Trinajstić information content (AvgIpc) is 2.91. The molecule has 1 aliphatic heterocycles. The fourth-order valence-corrected chi connectivity index (χ4v) is 4.58. The van der Waals surface area contributed by atoms with E-state index in [2.05, 4.69) is 23.6 Å². The van der Waals surface area contributed by atoms with Crippen molar-refractivity contribution in [1.82, 2.24) is 15.5 Å². The molecule has 206 valence electrons. The van der Waals surface area contributed by atoms with Crippen LogP contribution in [0.4, 0.5) is 13.6 Å². The maximum absolute atomic E-state index is 13.8. The molecule has 0 radical (unpaired) electrons. The van der Waals surface area contributed by atoms with Crippen LogP contribution in [0.1, 0.15) is 35.6 Å². The fourth-order valence-electron chi connectivity index (χ4n) is 4.58. The number of carbonyl (C=O) groups is 2.